The summed E-state index contributed by atoms with van der Waals surface area (Å²) in [6.07, 6.45) is 4.17. The number of rotatable bonds is 4. The number of fused-ring (bicyclic) bond motifs is 2. The van der Waals surface area contributed by atoms with Crippen LogP contribution in [0.25, 0.3) is 10.2 Å². The summed E-state index contributed by atoms with van der Waals surface area (Å²) in [6, 6.07) is 16.2. The SMILES string of the molecule is Nc1c(C(=O)Nc2cccnc2)sc2nc3c(cc12)CN(Cc1ccccc1)CC3. The van der Waals surface area contributed by atoms with Gasteiger partial charge in [0.1, 0.15) is 9.71 Å². The highest BCUT2D eigenvalue weighted by Gasteiger charge is 2.23. The maximum atomic E-state index is 12.7. The molecule has 5 rings (SSSR count). The lowest BCUT2D eigenvalue weighted by Crippen LogP contribution is -2.30. The number of benzene rings is 1. The van der Waals surface area contributed by atoms with E-state index in [1.54, 1.807) is 24.5 Å². The third-order valence-electron chi connectivity index (χ3n) is 5.32. The number of nitrogens with two attached hydrogens (primary N) is 1. The Bertz CT molecular complexity index is 1210. The molecule has 30 heavy (non-hydrogen) atoms. The largest absolute Gasteiger partial charge is 0.397 e. The number of nitrogens with zero attached hydrogens (tertiary/aromatic N) is 3. The summed E-state index contributed by atoms with van der Waals surface area (Å²) in [5.41, 5.74) is 11.1. The molecular formula is C23H21N5OS. The first-order valence-corrected chi connectivity index (χ1v) is 10.7. The van der Waals surface area contributed by atoms with E-state index >= 15 is 0 Å². The number of anilines is 2. The molecule has 6 nitrogen and oxygen atoms in total. The average molecular weight is 416 g/mol. The van der Waals surface area contributed by atoms with E-state index in [-0.39, 0.29) is 5.91 Å². The molecule has 3 N–H and O–H groups in total. The molecule has 0 radical (unpaired) electrons. The lowest BCUT2D eigenvalue weighted by Gasteiger charge is -2.28. The minimum absolute atomic E-state index is 0.229. The van der Waals surface area contributed by atoms with Gasteiger partial charge in [-0.15, -0.1) is 11.3 Å². The molecule has 0 bridgehead atoms. The zero-order valence-electron chi connectivity index (χ0n) is 16.3. The first kappa shape index (κ1) is 18.7. The van der Waals surface area contributed by atoms with Crippen molar-refractivity contribution in [1.82, 2.24) is 14.9 Å². The van der Waals surface area contributed by atoms with Crippen LogP contribution in [0.5, 0.6) is 0 Å². The Morgan fingerprint density at radius 2 is 2.07 bits per heavy atom. The van der Waals surface area contributed by atoms with Crippen LogP contribution in [0.4, 0.5) is 11.4 Å². The van der Waals surface area contributed by atoms with Crippen LogP contribution in [-0.4, -0.2) is 27.3 Å². The number of aromatic nitrogens is 2. The maximum Gasteiger partial charge on any atom is 0.267 e. The van der Waals surface area contributed by atoms with Gasteiger partial charge >= 0.3 is 0 Å². The predicted molar refractivity (Wildman–Crippen MR) is 120 cm³/mol. The van der Waals surface area contributed by atoms with E-state index in [1.807, 2.05) is 6.07 Å². The second-order valence-electron chi connectivity index (χ2n) is 7.43. The molecule has 1 amide bonds. The second-order valence-corrected chi connectivity index (χ2v) is 8.43. The third-order valence-corrected chi connectivity index (χ3v) is 6.44. The number of pyridine rings is 2. The van der Waals surface area contributed by atoms with Crippen LogP contribution in [0, 0.1) is 0 Å². The molecule has 0 saturated carbocycles. The number of hydrogen-bond donors (Lipinski definition) is 2. The number of hydrogen-bond acceptors (Lipinski definition) is 6. The van der Waals surface area contributed by atoms with E-state index in [2.05, 4.69) is 45.5 Å². The topological polar surface area (TPSA) is 84.1 Å². The van der Waals surface area contributed by atoms with Gasteiger partial charge in [-0.3, -0.25) is 14.7 Å². The van der Waals surface area contributed by atoms with Crippen LogP contribution in [0.3, 0.4) is 0 Å². The molecule has 7 heteroatoms. The molecule has 1 aliphatic heterocycles. The Labute approximate surface area is 178 Å². The Hall–Kier alpha value is -3.29. The number of nitrogens with one attached hydrogen (secondary N) is 1. The molecule has 0 unspecified atom stereocenters. The summed E-state index contributed by atoms with van der Waals surface area (Å²) < 4.78 is 0. The molecule has 0 spiro atoms. The van der Waals surface area contributed by atoms with Crippen LogP contribution in [-0.2, 0) is 19.5 Å². The lowest BCUT2D eigenvalue weighted by atomic mass is 10.0. The lowest BCUT2D eigenvalue weighted by molar-refractivity contribution is 0.103. The normalized spacial score (nSPS) is 13.9. The molecule has 1 aromatic carbocycles. The first-order valence-electron chi connectivity index (χ1n) is 9.86. The van der Waals surface area contributed by atoms with E-state index in [9.17, 15) is 4.79 Å². The highest BCUT2D eigenvalue weighted by molar-refractivity contribution is 7.21. The number of amides is 1. The minimum Gasteiger partial charge on any atom is -0.397 e. The van der Waals surface area contributed by atoms with Gasteiger partial charge in [-0.05, 0) is 29.3 Å². The minimum atomic E-state index is -0.229. The van der Waals surface area contributed by atoms with Crippen molar-refractivity contribution in [3.8, 4) is 0 Å². The smallest absolute Gasteiger partial charge is 0.267 e. The van der Waals surface area contributed by atoms with Crippen molar-refractivity contribution in [3.05, 3.63) is 82.6 Å². The van der Waals surface area contributed by atoms with E-state index in [1.165, 1.54) is 22.5 Å². The maximum absolute atomic E-state index is 12.7. The Morgan fingerprint density at radius 1 is 1.20 bits per heavy atom. The molecule has 150 valence electrons. The Kier molecular flexibility index (Phi) is 4.90. The molecule has 0 saturated heterocycles. The molecule has 0 atom stereocenters. The van der Waals surface area contributed by atoms with Gasteiger partial charge in [0.25, 0.3) is 5.91 Å². The summed E-state index contributed by atoms with van der Waals surface area (Å²) in [7, 11) is 0. The van der Waals surface area contributed by atoms with Crippen molar-refractivity contribution in [3.63, 3.8) is 0 Å². The monoisotopic (exact) mass is 415 g/mol. The van der Waals surface area contributed by atoms with Crippen molar-refractivity contribution in [1.29, 1.82) is 0 Å². The fraction of sp³-hybridized carbons (Fsp3) is 0.174. The summed E-state index contributed by atoms with van der Waals surface area (Å²) in [5.74, 6) is -0.229. The van der Waals surface area contributed by atoms with Gasteiger partial charge in [-0.2, -0.15) is 0 Å². The van der Waals surface area contributed by atoms with Gasteiger partial charge in [0, 0.05) is 43.3 Å². The fourth-order valence-corrected chi connectivity index (χ4v) is 4.82. The van der Waals surface area contributed by atoms with Gasteiger partial charge in [-0.25, -0.2) is 4.98 Å². The Morgan fingerprint density at radius 3 is 2.87 bits per heavy atom. The standard InChI is InChI=1S/C23H21N5OS/c24-20-18-11-16-14-28(13-15-5-2-1-3-6-15)10-8-19(16)27-23(18)30-21(20)22(29)26-17-7-4-9-25-12-17/h1-7,9,11-12H,8,10,13-14,24H2,(H,26,29). The van der Waals surface area contributed by atoms with Gasteiger partial charge in [-0.1, -0.05) is 30.3 Å². The van der Waals surface area contributed by atoms with Crippen molar-refractivity contribution in [2.24, 2.45) is 0 Å². The zero-order valence-corrected chi connectivity index (χ0v) is 17.2. The van der Waals surface area contributed by atoms with E-state index in [4.69, 9.17) is 10.7 Å². The van der Waals surface area contributed by atoms with Crippen molar-refractivity contribution >= 4 is 38.8 Å². The van der Waals surface area contributed by atoms with Crippen LogP contribution >= 0.6 is 11.3 Å². The second kappa shape index (κ2) is 7.85. The molecule has 0 fully saturated rings. The van der Waals surface area contributed by atoms with Crippen LogP contribution in [0.1, 0.15) is 26.5 Å². The molecular weight excluding hydrogens is 394 g/mol. The number of carbonyl (C=O) groups is 1. The van der Waals surface area contributed by atoms with E-state index in [0.717, 1.165) is 42.0 Å². The summed E-state index contributed by atoms with van der Waals surface area (Å²) in [4.78, 5) is 25.3. The molecule has 1 aliphatic rings. The molecule has 0 aliphatic carbocycles. The highest BCUT2D eigenvalue weighted by atomic mass is 32.1. The Balaban J connectivity index is 1.41. The molecule has 3 aromatic heterocycles. The number of nitrogen functional groups attached to an aromatic ring is 1. The number of thiophene rings is 1. The van der Waals surface area contributed by atoms with Gasteiger partial charge in [0.05, 0.1) is 17.6 Å². The van der Waals surface area contributed by atoms with E-state index in [0.29, 0.717) is 16.3 Å². The van der Waals surface area contributed by atoms with E-state index < -0.39 is 0 Å². The van der Waals surface area contributed by atoms with Gasteiger partial charge in [0.2, 0.25) is 0 Å². The highest BCUT2D eigenvalue weighted by Crippen LogP contribution is 2.35. The zero-order chi connectivity index (χ0) is 20.5. The summed E-state index contributed by atoms with van der Waals surface area (Å²) in [6.45, 7) is 2.71. The van der Waals surface area contributed by atoms with Crippen molar-refractivity contribution in [2.45, 2.75) is 19.5 Å². The van der Waals surface area contributed by atoms with Crippen LogP contribution < -0.4 is 11.1 Å². The summed E-state index contributed by atoms with van der Waals surface area (Å²) in [5, 5.41) is 3.71. The van der Waals surface area contributed by atoms with Crippen molar-refractivity contribution < 1.29 is 4.79 Å². The predicted octanol–water partition coefficient (Wildman–Crippen LogP) is 4.08. The molecule has 4 aromatic rings. The van der Waals surface area contributed by atoms with Gasteiger partial charge in [0.15, 0.2) is 0 Å². The third kappa shape index (κ3) is 3.65. The first-order chi connectivity index (χ1) is 14.7. The summed E-state index contributed by atoms with van der Waals surface area (Å²) >= 11 is 1.35. The van der Waals surface area contributed by atoms with Gasteiger partial charge < -0.3 is 11.1 Å². The van der Waals surface area contributed by atoms with Crippen molar-refractivity contribution in [2.75, 3.05) is 17.6 Å². The van der Waals surface area contributed by atoms with Crippen LogP contribution in [0.15, 0.2) is 60.9 Å². The fourth-order valence-electron chi connectivity index (χ4n) is 3.83. The average Bonchev–Trinajstić information content (AvgIpc) is 3.09. The molecule has 4 heterocycles. The van der Waals surface area contributed by atoms with Crippen LogP contribution in [0.2, 0.25) is 0 Å². The quantitative estimate of drug-likeness (QED) is 0.525. The number of carbonyl (C=O) groups excluding carboxylic acids is 1.